The molecule has 0 radical (unpaired) electrons. The van der Waals surface area contributed by atoms with Crippen LogP contribution in [0.2, 0.25) is 0 Å². The minimum atomic E-state index is -0.729. The van der Waals surface area contributed by atoms with Gasteiger partial charge in [-0.1, -0.05) is 41.1 Å². The predicted octanol–water partition coefficient (Wildman–Crippen LogP) is 4.91. The minimum Gasteiger partial charge on any atom is -0.486 e. The largest absolute Gasteiger partial charge is 0.486 e. The molecule has 1 saturated heterocycles. The van der Waals surface area contributed by atoms with E-state index in [0.717, 1.165) is 39.1 Å². The lowest BCUT2D eigenvalue weighted by molar-refractivity contribution is -0.208. The van der Waals surface area contributed by atoms with Crippen molar-refractivity contribution in [2.45, 2.75) is 64.4 Å². The molecule has 2 heterocycles. The molecule has 7 nitrogen and oxygen atoms in total. The molecule has 0 N–H and O–H groups in total. The van der Waals surface area contributed by atoms with Gasteiger partial charge < -0.3 is 23.7 Å². The predicted molar refractivity (Wildman–Crippen MR) is 128 cm³/mol. The zero-order chi connectivity index (χ0) is 24.2. The molecule has 0 spiro atoms. The lowest BCUT2D eigenvalue weighted by atomic mass is 9.90. The van der Waals surface area contributed by atoms with Crippen LogP contribution in [0.3, 0.4) is 0 Å². The first-order valence-corrected chi connectivity index (χ1v) is 12.3. The highest BCUT2D eigenvalue weighted by Gasteiger charge is 2.43. The van der Waals surface area contributed by atoms with Crippen LogP contribution < -0.4 is 9.47 Å². The molecule has 2 aromatic rings. The van der Waals surface area contributed by atoms with E-state index in [0.29, 0.717) is 26.1 Å². The highest BCUT2D eigenvalue weighted by molar-refractivity contribution is 9.10. The van der Waals surface area contributed by atoms with Gasteiger partial charge in [0.25, 0.3) is 0 Å². The number of esters is 2. The fourth-order valence-corrected chi connectivity index (χ4v) is 4.83. The topological polar surface area (TPSA) is 80.3 Å². The van der Waals surface area contributed by atoms with Gasteiger partial charge in [-0.3, -0.25) is 9.59 Å². The van der Waals surface area contributed by atoms with E-state index < -0.39 is 30.3 Å². The van der Waals surface area contributed by atoms with Crippen molar-refractivity contribution in [1.29, 1.82) is 0 Å². The van der Waals surface area contributed by atoms with E-state index in [1.165, 1.54) is 13.8 Å². The van der Waals surface area contributed by atoms with Crippen molar-refractivity contribution >= 4 is 27.9 Å². The lowest BCUT2D eigenvalue weighted by Crippen LogP contribution is -2.47. The van der Waals surface area contributed by atoms with Crippen LogP contribution in [0.4, 0.5) is 0 Å². The Kier molecular flexibility index (Phi) is 7.78. The molecular formula is C26H29BrO7. The molecule has 4 rings (SSSR count). The van der Waals surface area contributed by atoms with Crippen LogP contribution in [-0.2, 0) is 30.2 Å². The molecule has 2 aliphatic heterocycles. The summed E-state index contributed by atoms with van der Waals surface area (Å²) in [6.45, 7) is 5.82. The van der Waals surface area contributed by atoms with Crippen LogP contribution >= 0.6 is 15.9 Å². The van der Waals surface area contributed by atoms with Gasteiger partial charge in [0.05, 0.1) is 6.10 Å². The SMILES string of the molecule is CC[C@@H]1C[C@H](OC(C)=O)[C@@H](OC(C)=O)[C@H](c2ccc(Br)c(Cc3ccc4c(c3)OCCO4)c2)O1. The first-order valence-electron chi connectivity index (χ1n) is 11.5. The van der Waals surface area contributed by atoms with Gasteiger partial charge in [-0.15, -0.1) is 0 Å². The Morgan fingerprint density at radius 1 is 1.00 bits per heavy atom. The van der Waals surface area contributed by atoms with Crippen LogP contribution in [0.1, 0.15) is 56.4 Å². The fraction of sp³-hybridized carbons (Fsp3) is 0.462. The van der Waals surface area contributed by atoms with Gasteiger partial charge >= 0.3 is 11.9 Å². The quantitative estimate of drug-likeness (QED) is 0.488. The number of rotatable bonds is 6. The Morgan fingerprint density at radius 2 is 1.74 bits per heavy atom. The maximum atomic E-state index is 11.9. The summed E-state index contributed by atoms with van der Waals surface area (Å²) in [5, 5.41) is 0. The van der Waals surface area contributed by atoms with Crippen LogP contribution in [-0.4, -0.2) is 43.5 Å². The Bertz CT molecular complexity index is 1050. The molecule has 0 aromatic heterocycles. The van der Waals surface area contributed by atoms with Crippen LogP contribution in [0.25, 0.3) is 0 Å². The molecule has 2 aliphatic rings. The van der Waals surface area contributed by atoms with E-state index in [1.807, 2.05) is 43.3 Å². The third kappa shape index (κ3) is 5.73. The van der Waals surface area contributed by atoms with Crippen molar-refractivity contribution in [3.8, 4) is 11.5 Å². The highest BCUT2D eigenvalue weighted by atomic mass is 79.9. The standard InChI is InChI=1S/C26H29BrO7/c1-4-20-14-24(32-15(2)28)26(33-16(3)29)25(34-20)18-6-7-21(27)19(13-18)11-17-5-8-22-23(12-17)31-10-9-30-22/h5-8,12-13,20,24-26H,4,9-11,14H2,1-3H3/t20-,24+,25+,26-/m1/s1. The summed E-state index contributed by atoms with van der Waals surface area (Å²) >= 11 is 3.66. The molecule has 0 saturated carbocycles. The number of hydrogen-bond donors (Lipinski definition) is 0. The zero-order valence-electron chi connectivity index (χ0n) is 19.5. The minimum absolute atomic E-state index is 0.119. The summed E-state index contributed by atoms with van der Waals surface area (Å²) in [5.41, 5.74) is 2.98. The van der Waals surface area contributed by atoms with Crippen molar-refractivity contribution in [3.05, 3.63) is 57.6 Å². The van der Waals surface area contributed by atoms with Gasteiger partial charge in [0, 0.05) is 24.7 Å². The monoisotopic (exact) mass is 532 g/mol. The molecule has 0 amide bonds. The smallest absolute Gasteiger partial charge is 0.303 e. The van der Waals surface area contributed by atoms with Crippen LogP contribution in [0, 0.1) is 0 Å². The van der Waals surface area contributed by atoms with E-state index in [9.17, 15) is 9.59 Å². The van der Waals surface area contributed by atoms with E-state index in [-0.39, 0.29) is 6.10 Å². The maximum Gasteiger partial charge on any atom is 0.303 e. The molecule has 2 aromatic carbocycles. The van der Waals surface area contributed by atoms with Gasteiger partial charge in [-0.25, -0.2) is 0 Å². The Morgan fingerprint density at radius 3 is 2.44 bits per heavy atom. The summed E-state index contributed by atoms with van der Waals surface area (Å²) in [6, 6.07) is 11.9. The van der Waals surface area contributed by atoms with Crippen molar-refractivity contribution < 1.29 is 33.3 Å². The van der Waals surface area contributed by atoms with Crippen molar-refractivity contribution in [1.82, 2.24) is 0 Å². The molecule has 0 bridgehead atoms. The van der Waals surface area contributed by atoms with Crippen LogP contribution in [0.5, 0.6) is 11.5 Å². The second-order valence-corrected chi connectivity index (χ2v) is 9.40. The van der Waals surface area contributed by atoms with Gasteiger partial charge in [0.1, 0.15) is 25.4 Å². The van der Waals surface area contributed by atoms with Gasteiger partial charge in [-0.2, -0.15) is 0 Å². The average molecular weight is 533 g/mol. The molecule has 1 fully saturated rings. The van der Waals surface area contributed by atoms with Gasteiger partial charge in [0.2, 0.25) is 0 Å². The highest BCUT2D eigenvalue weighted by Crippen LogP contribution is 2.38. The maximum absolute atomic E-state index is 11.9. The molecule has 34 heavy (non-hydrogen) atoms. The molecule has 4 atom stereocenters. The van der Waals surface area contributed by atoms with E-state index in [1.54, 1.807) is 0 Å². The summed E-state index contributed by atoms with van der Waals surface area (Å²) in [5.74, 6) is 0.647. The number of hydrogen-bond acceptors (Lipinski definition) is 7. The molecule has 182 valence electrons. The summed E-state index contributed by atoms with van der Waals surface area (Å²) < 4.78 is 29.8. The molecule has 8 heteroatoms. The Labute approximate surface area is 207 Å². The van der Waals surface area contributed by atoms with Gasteiger partial charge in [0.15, 0.2) is 17.6 Å². The Balaban J connectivity index is 1.64. The van der Waals surface area contributed by atoms with Crippen molar-refractivity contribution in [2.75, 3.05) is 13.2 Å². The second kappa shape index (κ2) is 10.8. The number of halogens is 1. The summed E-state index contributed by atoms with van der Waals surface area (Å²) in [7, 11) is 0. The summed E-state index contributed by atoms with van der Waals surface area (Å²) in [4.78, 5) is 23.7. The van der Waals surface area contributed by atoms with E-state index in [2.05, 4.69) is 15.9 Å². The number of carbonyl (C=O) groups is 2. The van der Waals surface area contributed by atoms with Crippen molar-refractivity contribution in [2.24, 2.45) is 0 Å². The second-order valence-electron chi connectivity index (χ2n) is 8.55. The fourth-order valence-electron chi connectivity index (χ4n) is 4.44. The molecule has 0 unspecified atom stereocenters. The normalized spacial score (nSPS) is 23.8. The van der Waals surface area contributed by atoms with Crippen molar-refractivity contribution in [3.63, 3.8) is 0 Å². The molecular weight excluding hydrogens is 504 g/mol. The number of benzene rings is 2. The number of fused-ring (bicyclic) bond motifs is 1. The van der Waals surface area contributed by atoms with E-state index >= 15 is 0 Å². The average Bonchev–Trinajstić information content (AvgIpc) is 2.81. The third-order valence-electron chi connectivity index (χ3n) is 5.97. The lowest BCUT2D eigenvalue weighted by Gasteiger charge is -2.40. The number of carbonyl (C=O) groups excluding carboxylic acids is 2. The zero-order valence-corrected chi connectivity index (χ0v) is 21.1. The number of ether oxygens (including phenoxy) is 5. The Hall–Kier alpha value is -2.58. The first kappa shape index (κ1) is 24.5. The van der Waals surface area contributed by atoms with E-state index in [4.69, 9.17) is 23.7 Å². The molecule has 0 aliphatic carbocycles. The first-order chi connectivity index (χ1) is 16.3. The van der Waals surface area contributed by atoms with Crippen LogP contribution in [0.15, 0.2) is 40.9 Å². The third-order valence-corrected chi connectivity index (χ3v) is 6.75. The summed E-state index contributed by atoms with van der Waals surface area (Å²) in [6.07, 6.45) is -0.0968. The van der Waals surface area contributed by atoms with Gasteiger partial charge in [-0.05, 0) is 47.7 Å².